The fourth-order valence-corrected chi connectivity index (χ4v) is 3.23. The van der Waals surface area contributed by atoms with Crippen molar-refractivity contribution in [1.29, 1.82) is 0 Å². The minimum atomic E-state index is 0.190. The zero-order valence-corrected chi connectivity index (χ0v) is 14.9. The number of benzene rings is 1. The molecule has 0 atom stereocenters. The maximum atomic E-state index is 12.4. The lowest BCUT2D eigenvalue weighted by Crippen LogP contribution is -2.43. The molecular formula is C18H27ClN2O2. The lowest BCUT2D eigenvalue weighted by atomic mass is 9.95. The third kappa shape index (κ3) is 5.11. The van der Waals surface area contributed by atoms with Crippen LogP contribution < -0.4 is 4.74 Å². The highest BCUT2D eigenvalue weighted by molar-refractivity contribution is 6.32. The van der Waals surface area contributed by atoms with Crippen LogP contribution in [-0.4, -0.2) is 55.0 Å². The van der Waals surface area contributed by atoms with Gasteiger partial charge in [0.2, 0.25) is 5.91 Å². The molecule has 128 valence electrons. The van der Waals surface area contributed by atoms with Gasteiger partial charge in [-0.3, -0.25) is 9.69 Å². The van der Waals surface area contributed by atoms with Crippen LogP contribution in [0.4, 0.5) is 0 Å². The summed E-state index contributed by atoms with van der Waals surface area (Å²) in [4.78, 5) is 16.7. The molecule has 1 aromatic carbocycles. The zero-order chi connectivity index (χ0) is 16.7. The molecule has 1 amide bonds. The van der Waals surface area contributed by atoms with E-state index in [9.17, 15) is 4.79 Å². The van der Waals surface area contributed by atoms with Gasteiger partial charge in [0.25, 0.3) is 0 Å². The topological polar surface area (TPSA) is 32.8 Å². The van der Waals surface area contributed by atoms with Gasteiger partial charge in [0, 0.05) is 25.6 Å². The summed E-state index contributed by atoms with van der Waals surface area (Å²) >= 11 is 6.08. The van der Waals surface area contributed by atoms with E-state index >= 15 is 0 Å². The molecule has 0 radical (unpaired) electrons. The molecule has 1 aliphatic rings. The lowest BCUT2D eigenvalue weighted by Gasteiger charge is -2.33. The fraction of sp³-hybridized carbons (Fsp3) is 0.611. The molecule has 1 aliphatic heterocycles. The Morgan fingerprint density at radius 2 is 1.91 bits per heavy atom. The number of hydrogen-bond donors (Lipinski definition) is 0. The molecule has 5 heteroatoms. The van der Waals surface area contributed by atoms with Crippen molar-refractivity contribution in [2.75, 3.05) is 39.3 Å². The molecule has 0 saturated carbocycles. The largest absolute Gasteiger partial charge is 0.491 e. The number of piperidine rings is 1. The molecule has 1 fully saturated rings. The van der Waals surface area contributed by atoms with Crippen LogP contribution in [0.5, 0.6) is 5.75 Å². The summed E-state index contributed by atoms with van der Waals surface area (Å²) in [6.07, 6.45) is 1.89. The Morgan fingerprint density at radius 3 is 2.52 bits per heavy atom. The summed E-state index contributed by atoms with van der Waals surface area (Å²) in [5.41, 5.74) is 0. The van der Waals surface area contributed by atoms with E-state index in [1.54, 1.807) is 0 Å². The van der Waals surface area contributed by atoms with Gasteiger partial charge >= 0.3 is 0 Å². The number of nitrogens with zero attached hydrogens (tertiary/aromatic N) is 2. The van der Waals surface area contributed by atoms with E-state index in [0.717, 1.165) is 51.3 Å². The molecule has 2 rings (SSSR count). The molecule has 0 unspecified atom stereocenters. The number of carbonyl (C=O) groups excluding carboxylic acids is 1. The van der Waals surface area contributed by atoms with Gasteiger partial charge in [-0.05, 0) is 51.9 Å². The molecule has 0 N–H and O–H groups in total. The molecule has 1 heterocycles. The van der Waals surface area contributed by atoms with E-state index in [4.69, 9.17) is 16.3 Å². The van der Waals surface area contributed by atoms with Crippen molar-refractivity contribution in [2.24, 2.45) is 5.92 Å². The SMILES string of the molecule is CCN(CC)C(=O)C1CCN(CCOc2ccccc2Cl)CC1. The van der Waals surface area contributed by atoms with Crippen LogP contribution in [0.3, 0.4) is 0 Å². The third-order valence-corrected chi connectivity index (χ3v) is 4.83. The van der Waals surface area contributed by atoms with Crippen molar-refractivity contribution in [1.82, 2.24) is 9.80 Å². The minimum Gasteiger partial charge on any atom is -0.491 e. The maximum absolute atomic E-state index is 12.4. The predicted molar refractivity (Wildman–Crippen MR) is 94.0 cm³/mol. The molecule has 0 aliphatic carbocycles. The normalized spacial score (nSPS) is 16.3. The average Bonchev–Trinajstić information content (AvgIpc) is 2.58. The first-order chi connectivity index (χ1) is 11.2. The maximum Gasteiger partial charge on any atom is 0.225 e. The number of likely N-dealkylation sites (tertiary alicyclic amines) is 1. The van der Waals surface area contributed by atoms with Crippen LogP contribution in [0.25, 0.3) is 0 Å². The van der Waals surface area contributed by atoms with Crippen LogP contribution in [-0.2, 0) is 4.79 Å². The highest BCUT2D eigenvalue weighted by atomic mass is 35.5. The van der Waals surface area contributed by atoms with Crippen molar-refractivity contribution < 1.29 is 9.53 Å². The van der Waals surface area contributed by atoms with E-state index in [2.05, 4.69) is 4.90 Å². The molecule has 4 nitrogen and oxygen atoms in total. The van der Waals surface area contributed by atoms with Crippen molar-refractivity contribution in [3.63, 3.8) is 0 Å². The predicted octanol–water partition coefficient (Wildman–Crippen LogP) is 3.30. The number of hydrogen-bond acceptors (Lipinski definition) is 3. The molecule has 0 spiro atoms. The van der Waals surface area contributed by atoms with Crippen LogP contribution in [0.15, 0.2) is 24.3 Å². The quantitative estimate of drug-likeness (QED) is 0.764. The number of para-hydroxylation sites is 1. The summed E-state index contributed by atoms with van der Waals surface area (Å²) in [5.74, 6) is 1.25. The lowest BCUT2D eigenvalue weighted by molar-refractivity contribution is -0.136. The van der Waals surface area contributed by atoms with Gasteiger partial charge in [0.15, 0.2) is 0 Å². The van der Waals surface area contributed by atoms with Gasteiger partial charge in [-0.15, -0.1) is 0 Å². The van der Waals surface area contributed by atoms with E-state index in [0.29, 0.717) is 17.5 Å². The summed E-state index contributed by atoms with van der Waals surface area (Å²) in [7, 11) is 0. The second-order valence-electron chi connectivity index (χ2n) is 5.91. The van der Waals surface area contributed by atoms with E-state index in [1.165, 1.54) is 0 Å². The molecular weight excluding hydrogens is 312 g/mol. The smallest absolute Gasteiger partial charge is 0.225 e. The molecule has 23 heavy (non-hydrogen) atoms. The van der Waals surface area contributed by atoms with Crippen molar-refractivity contribution >= 4 is 17.5 Å². The first-order valence-corrected chi connectivity index (χ1v) is 8.92. The first kappa shape index (κ1) is 18.1. The second kappa shape index (κ2) is 9.14. The van der Waals surface area contributed by atoms with Crippen molar-refractivity contribution in [2.45, 2.75) is 26.7 Å². The van der Waals surface area contributed by atoms with Gasteiger partial charge in [0.1, 0.15) is 12.4 Å². The highest BCUT2D eigenvalue weighted by Crippen LogP contribution is 2.23. The Hall–Kier alpha value is -1.26. The standard InChI is InChI=1S/C18H27ClN2O2/c1-3-21(4-2)18(22)15-9-11-20(12-10-15)13-14-23-17-8-6-5-7-16(17)19/h5-8,15H,3-4,9-14H2,1-2H3. The van der Waals surface area contributed by atoms with Gasteiger partial charge in [0.05, 0.1) is 5.02 Å². The number of halogens is 1. The van der Waals surface area contributed by atoms with Crippen LogP contribution in [0.1, 0.15) is 26.7 Å². The summed E-state index contributed by atoms with van der Waals surface area (Å²) in [6.45, 7) is 9.12. The Morgan fingerprint density at radius 1 is 1.26 bits per heavy atom. The summed E-state index contributed by atoms with van der Waals surface area (Å²) in [6, 6.07) is 7.54. The second-order valence-corrected chi connectivity index (χ2v) is 6.31. The van der Waals surface area contributed by atoms with Gasteiger partial charge in [-0.2, -0.15) is 0 Å². The Bertz CT molecular complexity index is 498. The van der Waals surface area contributed by atoms with E-state index in [-0.39, 0.29) is 5.92 Å². The van der Waals surface area contributed by atoms with Gasteiger partial charge in [-0.1, -0.05) is 23.7 Å². The van der Waals surface area contributed by atoms with Crippen LogP contribution >= 0.6 is 11.6 Å². The van der Waals surface area contributed by atoms with Crippen molar-refractivity contribution in [3.8, 4) is 5.75 Å². The number of rotatable bonds is 7. The van der Waals surface area contributed by atoms with Crippen LogP contribution in [0, 0.1) is 5.92 Å². The average molecular weight is 339 g/mol. The molecule has 1 aromatic rings. The summed E-state index contributed by atoms with van der Waals surface area (Å²) in [5, 5.41) is 0.649. The van der Waals surface area contributed by atoms with Crippen molar-refractivity contribution in [3.05, 3.63) is 29.3 Å². The first-order valence-electron chi connectivity index (χ1n) is 8.54. The Balaban J connectivity index is 1.71. The van der Waals surface area contributed by atoms with Crippen LogP contribution in [0.2, 0.25) is 5.02 Å². The molecule has 1 saturated heterocycles. The zero-order valence-electron chi connectivity index (χ0n) is 14.1. The molecule has 0 aromatic heterocycles. The third-order valence-electron chi connectivity index (χ3n) is 4.51. The number of carbonyl (C=O) groups is 1. The Kier molecular flexibility index (Phi) is 7.18. The Labute approximate surface area is 144 Å². The molecule has 0 bridgehead atoms. The highest BCUT2D eigenvalue weighted by Gasteiger charge is 2.27. The van der Waals surface area contributed by atoms with E-state index in [1.807, 2.05) is 43.0 Å². The van der Waals surface area contributed by atoms with Gasteiger partial charge < -0.3 is 9.64 Å². The number of ether oxygens (including phenoxy) is 1. The fourth-order valence-electron chi connectivity index (χ4n) is 3.04. The monoisotopic (exact) mass is 338 g/mol. The minimum absolute atomic E-state index is 0.190. The van der Waals surface area contributed by atoms with Gasteiger partial charge in [-0.25, -0.2) is 0 Å². The van der Waals surface area contributed by atoms with E-state index < -0.39 is 0 Å². The summed E-state index contributed by atoms with van der Waals surface area (Å²) < 4.78 is 5.74. The number of amides is 1.